The number of nitrogens with zero attached hydrogens (tertiary/aromatic N) is 3. The van der Waals surface area contributed by atoms with Gasteiger partial charge in [-0.15, -0.1) is 11.6 Å². The predicted molar refractivity (Wildman–Crippen MR) is 82.5 cm³/mol. The standard InChI is InChI=1S/C16H16ClN3/c1-11(2)14-7-12(9-17)8-16(19-14)20-10-18-13-5-3-4-6-15(13)20/h3-8,10-11H,9H2,1-2H3. The predicted octanol–water partition coefficient (Wildman–Crippen LogP) is 4.28. The van der Waals surface area contributed by atoms with Gasteiger partial charge >= 0.3 is 0 Å². The second-order valence-electron chi connectivity index (χ2n) is 5.15. The molecule has 0 N–H and O–H groups in total. The Hall–Kier alpha value is -1.87. The molecule has 0 aliphatic rings. The summed E-state index contributed by atoms with van der Waals surface area (Å²) >= 11 is 6.00. The minimum absolute atomic E-state index is 0.367. The van der Waals surface area contributed by atoms with Gasteiger partial charge in [0.25, 0.3) is 0 Å². The molecule has 0 aliphatic carbocycles. The molecule has 0 saturated heterocycles. The van der Waals surface area contributed by atoms with Crippen molar-refractivity contribution in [2.24, 2.45) is 0 Å². The maximum atomic E-state index is 6.00. The smallest absolute Gasteiger partial charge is 0.138 e. The van der Waals surface area contributed by atoms with Gasteiger partial charge in [0, 0.05) is 11.6 Å². The number of benzene rings is 1. The second-order valence-corrected chi connectivity index (χ2v) is 5.42. The van der Waals surface area contributed by atoms with Crippen LogP contribution < -0.4 is 0 Å². The van der Waals surface area contributed by atoms with Gasteiger partial charge in [-0.1, -0.05) is 26.0 Å². The quantitative estimate of drug-likeness (QED) is 0.672. The van der Waals surface area contributed by atoms with E-state index in [1.54, 1.807) is 0 Å². The summed E-state index contributed by atoms with van der Waals surface area (Å²) in [6, 6.07) is 12.1. The average Bonchev–Trinajstić information content (AvgIpc) is 2.90. The third-order valence-electron chi connectivity index (χ3n) is 3.34. The fourth-order valence-corrected chi connectivity index (χ4v) is 2.39. The lowest BCUT2D eigenvalue weighted by molar-refractivity contribution is 0.808. The molecule has 0 radical (unpaired) electrons. The zero-order valence-corrected chi connectivity index (χ0v) is 12.3. The molecular formula is C16H16ClN3. The first kappa shape index (κ1) is 13.1. The molecule has 0 amide bonds. The lowest BCUT2D eigenvalue weighted by atomic mass is 10.1. The summed E-state index contributed by atoms with van der Waals surface area (Å²) in [7, 11) is 0. The first-order valence-electron chi connectivity index (χ1n) is 6.68. The molecule has 4 heteroatoms. The summed E-state index contributed by atoms with van der Waals surface area (Å²) in [5.41, 5.74) is 4.16. The van der Waals surface area contributed by atoms with Gasteiger partial charge in [0.15, 0.2) is 0 Å². The van der Waals surface area contributed by atoms with Crippen LogP contribution in [0.5, 0.6) is 0 Å². The summed E-state index contributed by atoms with van der Waals surface area (Å²) in [6.45, 7) is 4.27. The molecule has 20 heavy (non-hydrogen) atoms. The molecule has 1 aromatic carbocycles. The number of rotatable bonds is 3. The second kappa shape index (κ2) is 5.25. The Morgan fingerprint density at radius 3 is 2.75 bits per heavy atom. The molecule has 0 spiro atoms. The first-order chi connectivity index (χ1) is 9.69. The van der Waals surface area contributed by atoms with Gasteiger partial charge in [-0.25, -0.2) is 9.97 Å². The van der Waals surface area contributed by atoms with Crippen LogP contribution in [0, 0.1) is 0 Å². The van der Waals surface area contributed by atoms with Crippen LogP contribution in [0.2, 0.25) is 0 Å². The van der Waals surface area contributed by atoms with E-state index in [0.29, 0.717) is 11.8 Å². The number of para-hydroxylation sites is 2. The van der Waals surface area contributed by atoms with E-state index >= 15 is 0 Å². The van der Waals surface area contributed by atoms with Crippen molar-refractivity contribution in [3.63, 3.8) is 0 Å². The van der Waals surface area contributed by atoms with Crippen molar-refractivity contribution in [2.45, 2.75) is 25.6 Å². The number of alkyl halides is 1. The lowest BCUT2D eigenvalue weighted by Gasteiger charge is -2.11. The Balaban J connectivity index is 2.20. The summed E-state index contributed by atoms with van der Waals surface area (Å²) in [5, 5.41) is 0. The Morgan fingerprint density at radius 1 is 1.20 bits per heavy atom. The molecule has 2 heterocycles. The number of halogens is 1. The van der Waals surface area contributed by atoms with Crippen LogP contribution in [0.25, 0.3) is 16.9 Å². The Kier molecular flexibility index (Phi) is 3.45. The SMILES string of the molecule is CC(C)c1cc(CCl)cc(-n2cnc3ccccc32)n1. The van der Waals surface area contributed by atoms with E-state index in [1.807, 2.05) is 41.2 Å². The van der Waals surface area contributed by atoms with E-state index in [2.05, 4.69) is 24.9 Å². The first-order valence-corrected chi connectivity index (χ1v) is 7.22. The van der Waals surface area contributed by atoms with E-state index in [4.69, 9.17) is 16.6 Å². The molecular weight excluding hydrogens is 270 g/mol. The normalized spacial score (nSPS) is 11.4. The van der Waals surface area contributed by atoms with Crippen LogP contribution in [-0.2, 0) is 5.88 Å². The fourth-order valence-electron chi connectivity index (χ4n) is 2.23. The van der Waals surface area contributed by atoms with Crippen LogP contribution in [0.15, 0.2) is 42.7 Å². The van der Waals surface area contributed by atoms with Crippen molar-refractivity contribution >= 4 is 22.6 Å². The molecule has 102 valence electrons. The number of hydrogen-bond donors (Lipinski definition) is 0. The highest BCUT2D eigenvalue weighted by Gasteiger charge is 2.10. The fraction of sp³-hybridized carbons (Fsp3) is 0.250. The van der Waals surface area contributed by atoms with Crippen molar-refractivity contribution in [2.75, 3.05) is 0 Å². The summed E-state index contributed by atoms with van der Waals surface area (Å²) in [6.07, 6.45) is 1.81. The molecule has 2 aromatic heterocycles. The maximum absolute atomic E-state index is 6.00. The van der Waals surface area contributed by atoms with Crippen molar-refractivity contribution in [1.82, 2.24) is 14.5 Å². The van der Waals surface area contributed by atoms with Crippen molar-refractivity contribution in [1.29, 1.82) is 0 Å². The molecule has 0 atom stereocenters. The van der Waals surface area contributed by atoms with Gasteiger partial charge < -0.3 is 0 Å². The van der Waals surface area contributed by atoms with Crippen LogP contribution in [0.3, 0.4) is 0 Å². The van der Waals surface area contributed by atoms with E-state index in [0.717, 1.165) is 28.1 Å². The number of aromatic nitrogens is 3. The number of pyridine rings is 1. The summed E-state index contributed by atoms with van der Waals surface area (Å²) < 4.78 is 2.01. The number of fused-ring (bicyclic) bond motifs is 1. The largest absolute Gasteiger partial charge is 0.283 e. The van der Waals surface area contributed by atoms with Crippen molar-refractivity contribution < 1.29 is 0 Å². The topological polar surface area (TPSA) is 30.7 Å². The number of imidazole rings is 1. The lowest BCUT2D eigenvalue weighted by Crippen LogP contribution is -2.02. The van der Waals surface area contributed by atoms with Gasteiger partial charge in [0.2, 0.25) is 0 Å². The minimum atomic E-state index is 0.367. The third kappa shape index (κ3) is 2.29. The van der Waals surface area contributed by atoms with E-state index in [9.17, 15) is 0 Å². The van der Waals surface area contributed by atoms with E-state index < -0.39 is 0 Å². The van der Waals surface area contributed by atoms with Gasteiger partial charge in [-0.05, 0) is 35.7 Å². The molecule has 0 unspecified atom stereocenters. The van der Waals surface area contributed by atoms with Crippen LogP contribution in [0.4, 0.5) is 0 Å². The Bertz CT molecular complexity index is 746. The van der Waals surface area contributed by atoms with Gasteiger partial charge in [0.05, 0.1) is 11.0 Å². The Morgan fingerprint density at radius 2 is 2.00 bits per heavy atom. The molecule has 0 fully saturated rings. The average molecular weight is 286 g/mol. The third-order valence-corrected chi connectivity index (χ3v) is 3.65. The highest BCUT2D eigenvalue weighted by atomic mass is 35.5. The van der Waals surface area contributed by atoms with Gasteiger partial charge in [-0.3, -0.25) is 4.57 Å². The summed E-state index contributed by atoms with van der Waals surface area (Å²) in [4.78, 5) is 9.15. The monoisotopic (exact) mass is 285 g/mol. The summed E-state index contributed by atoms with van der Waals surface area (Å²) in [5.74, 6) is 1.73. The van der Waals surface area contributed by atoms with Crippen LogP contribution >= 0.6 is 11.6 Å². The van der Waals surface area contributed by atoms with Crippen molar-refractivity contribution in [3.8, 4) is 5.82 Å². The highest BCUT2D eigenvalue weighted by molar-refractivity contribution is 6.17. The minimum Gasteiger partial charge on any atom is -0.283 e. The Labute approximate surface area is 123 Å². The van der Waals surface area contributed by atoms with Crippen LogP contribution in [0.1, 0.15) is 31.0 Å². The van der Waals surface area contributed by atoms with Gasteiger partial charge in [0.1, 0.15) is 12.1 Å². The van der Waals surface area contributed by atoms with E-state index in [1.165, 1.54) is 0 Å². The number of hydrogen-bond acceptors (Lipinski definition) is 2. The highest BCUT2D eigenvalue weighted by Crippen LogP contribution is 2.21. The molecule has 3 aromatic rings. The molecule has 3 rings (SSSR count). The molecule has 0 bridgehead atoms. The molecule has 3 nitrogen and oxygen atoms in total. The maximum Gasteiger partial charge on any atom is 0.138 e. The van der Waals surface area contributed by atoms with Gasteiger partial charge in [-0.2, -0.15) is 0 Å². The molecule has 0 aliphatic heterocycles. The van der Waals surface area contributed by atoms with Crippen LogP contribution in [-0.4, -0.2) is 14.5 Å². The van der Waals surface area contributed by atoms with E-state index in [-0.39, 0.29) is 0 Å². The zero-order chi connectivity index (χ0) is 14.1. The van der Waals surface area contributed by atoms with Crippen molar-refractivity contribution in [3.05, 3.63) is 54.0 Å². The molecule has 0 saturated carbocycles. The zero-order valence-electron chi connectivity index (χ0n) is 11.5.